The fourth-order valence-corrected chi connectivity index (χ4v) is 6.11. The van der Waals surface area contributed by atoms with Crippen LogP contribution in [0.3, 0.4) is 0 Å². The lowest BCUT2D eigenvalue weighted by Crippen LogP contribution is -2.58. The average molecular weight is 336 g/mol. The monoisotopic (exact) mass is 336 g/mol. The van der Waals surface area contributed by atoms with Crippen molar-refractivity contribution in [3.05, 3.63) is 35.5 Å². The molecule has 132 valence electrons. The number of rotatable bonds is 2. The molecule has 25 heavy (non-hydrogen) atoms. The molecule has 3 heteroatoms. The van der Waals surface area contributed by atoms with E-state index in [0.29, 0.717) is 11.7 Å². The van der Waals surface area contributed by atoms with Crippen LogP contribution in [-0.2, 0) is 16.8 Å². The molecule has 3 atom stereocenters. The number of fused-ring (bicyclic) bond motifs is 6. The van der Waals surface area contributed by atoms with Gasteiger partial charge in [0.05, 0.1) is 5.54 Å². The number of para-hydroxylation sites is 1. The molecule has 1 saturated heterocycles. The summed E-state index contributed by atoms with van der Waals surface area (Å²) in [5.41, 5.74) is 4.42. The Labute approximate surface area is 149 Å². The number of carbonyl (C=O) groups excluding carboxylic acids is 1. The third kappa shape index (κ3) is 2.25. The van der Waals surface area contributed by atoms with E-state index in [1.807, 2.05) is 0 Å². The zero-order valence-corrected chi connectivity index (χ0v) is 15.2. The van der Waals surface area contributed by atoms with Crippen molar-refractivity contribution in [2.75, 3.05) is 13.1 Å². The zero-order chi connectivity index (χ0) is 17.0. The van der Waals surface area contributed by atoms with Crippen molar-refractivity contribution >= 4 is 16.7 Å². The predicted molar refractivity (Wildman–Crippen MR) is 101 cm³/mol. The van der Waals surface area contributed by atoms with Gasteiger partial charge in [0, 0.05) is 42.5 Å². The van der Waals surface area contributed by atoms with Gasteiger partial charge in [-0.15, -0.1) is 0 Å². The molecule has 0 radical (unpaired) electrons. The number of carbonyl (C=O) groups is 1. The number of benzene rings is 1. The van der Waals surface area contributed by atoms with Gasteiger partial charge in [-0.3, -0.25) is 9.69 Å². The lowest BCUT2D eigenvalue weighted by atomic mass is 9.64. The van der Waals surface area contributed by atoms with Crippen LogP contribution in [0.15, 0.2) is 24.3 Å². The van der Waals surface area contributed by atoms with Crippen molar-refractivity contribution in [1.29, 1.82) is 0 Å². The Morgan fingerprint density at radius 1 is 1.24 bits per heavy atom. The highest BCUT2D eigenvalue weighted by molar-refractivity contribution is 5.85. The van der Waals surface area contributed by atoms with Crippen LogP contribution in [0, 0.1) is 11.8 Å². The first-order valence-electron chi connectivity index (χ1n) is 10.1. The first-order valence-corrected chi connectivity index (χ1v) is 10.1. The van der Waals surface area contributed by atoms with E-state index in [9.17, 15) is 4.79 Å². The van der Waals surface area contributed by atoms with E-state index in [0.717, 1.165) is 38.0 Å². The van der Waals surface area contributed by atoms with E-state index < -0.39 is 0 Å². The molecule has 1 N–H and O–H groups in total. The van der Waals surface area contributed by atoms with Gasteiger partial charge in [-0.05, 0) is 49.1 Å². The number of nitrogens with one attached hydrogen (secondary N) is 1. The molecule has 0 unspecified atom stereocenters. The number of aromatic amines is 1. The number of nitrogens with zero attached hydrogens (tertiary/aromatic N) is 1. The summed E-state index contributed by atoms with van der Waals surface area (Å²) in [7, 11) is 0. The number of ketones is 1. The highest BCUT2D eigenvalue weighted by Gasteiger charge is 2.51. The summed E-state index contributed by atoms with van der Waals surface area (Å²) < 4.78 is 0. The molecule has 2 aliphatic heterocycles. The highest BCUT2D eigenvalue weighted by atomic mass is 16.1. The van der Waals surface area contributed by atoms with E-state index in [-0.39, 0.29) is 5.54 Å². The number of hydrogen-bond acceptors (Lipinski definition) is 2. The summed E-state index contributed by atoms with van der Waals surface area (Å²) >= 11 is 0. The minimum absolute atomic E-state index is 0.125. The number of piperidine rings is 1. The molecule has 1 aromatic heterocycles. The standard InChI is InChI=1S/C22H28N2O/c1-2-10-22-13-16-12-17(25)8-7-15(16)14-24(22)11-9-19-18-5-3-4-6-20(18)23-21(19)22/h3-6,15-16,23H,2,7-14H2,1H3/t15-,16-,22-/m0/s1. The molecule has 0 amide bonds. The van der Waals surface area contributed by atoms with Gasteiger partial charge in [0.1, 0.15) is 5.78 Å². The molecule has 3 nitrogen and oxygen atoms in total. The molecule has 2 fully saturated rings. The molecule has 0 spiro atoms. The van der Waals surface area contributed by atoms with Gasteiger partial charge < -0.3 is 4.98 Å². The SMILES string of the molecule is CCC[C@@]12C[C@@H]3CC(=O)CC[C@H]3CN1CCc1c2[nH]c2ccccc12. The molecule has 3 heterocycles. The topological polar surface area (TPSA) is 36.1 Å². The minimum Gasteiger partial charge on any atom is -0.357 e. The fraction of sp³-hybridized carbons (Fsp3) is 0.591. The lowest BCUT2D eigenvalue weighted by molar-refractivity contribution is -0.127. The van der Waals surface area contributed by atoms with Crippen molar-refractivity contribution in [3.63, 3.8) is 0 Å². The van der Waals surface area contributed by atoms with E-state index >= 15 is 0 Å². The molecule has 3 aliphatic rings. The van der Waals surface area contributed by atoms with Gasteiger partial charge in [-0.1, -0.05) is 31.5 Å². The summed E-state index contributed by atoms with van der Waals surface area (Å²) in [5.74, 6) is 1.81. The van der Waals surface area contributed by atoms with E-state index in [2.05, 4.69) is 41.1 Å². The Kier molecular flexibility index (Phi) is 3.56. The number of H-pyrrole nitrogens is 1. The third-order valence-corrected chi connectivity index (χ3v) is 7.18. The second-order valence-corrected chi connectivity index (χ2v) is 8.51. The largest absolute Gasteiger partial charge is 0.357 e. The zero-order valence-electron chi connectivity index (χ0n) is 15.2. The number of aromatic nitrogens is 1. The van der Waals surface area contributed by atoms with E-state index in [4.69, 9.17) is 0 Å². The molecular weight excluding hydrogens is 308 g/mol. The second-order valence-electron chi connectivity index (χ2n) is 8.51. The third-order valence-electron chi connectivity index (χ3n) is 7.18. The first-order chi connectivity index (χ1) is 12.2. The van der Waals surface area contributed by atoms with Crippen LogP contribution in [0.4, 0.5) is 0 Å². The smallest absolute Gasteiger partial charge is 0.133 e. The van der Waals surface area contributed by atoms with Gasteiger partial charge in [-0.2, -0.15) is 0 Å². The Bertz CT molecular complexity index is 823. The molecule has 1 aliphatic carbocycles. The maximum absolute atomic E-state index is 12.1. The summed E-state index contributed by atoms with van der Waals surface area (Å²) in [5, 5.41) is 1.41. The lowest BCUT2D eigenvalue weighted by Gasteiger charge is -2.56. The Hall–Kier alpha value is -1.61. The molecule has 5 rings (SSSR count). The van der Waals surface area contributed by atoms with Crippen molar-refractivity contribution in [2.45, 2.75) is 57.4 Å². The van der Waals surface area contributed by atoms with Gasteiger partial charge >= 0.3 is 0 Å². The van der Waals surface area contributed by atoms with Crippen molar-refractivity contribution < 1.29 is 4.79 Å². The van der Waals surface area contributed by atoms with Crippen molar-refractivity contribution in [2.24, 2.45) is 11.8 Å². The van der Waals surface area contributed by atoms with E-state index in [1.54, 1.807) is 5.56 Å². The van der Waals surface area contributed by atoms with Crippen LogP contribution in [0.5, 0.6) is 0 Å². The molecular formula is C22H28N2O. The Morgan fingerprint density at radius 3 is 3.00 bits per heavy atom. The summed E-state index contributed by atoms with van der Waals surface area (Å²) in [4.78, 5) is 18.7. The van der Waals surface area contributed by atoms with E-state index in [1.165, 1.54) is 42.5 Å². The molecule has 2 aromatic rings. The van der Waals surface area contributed by atoms with Crippen LogP contribution in [0.2, 0.25) is 0 Å². The van der Waals surface area contributed by atoms with Gasteiger partial charge in [-0.25, -0.2) is 0 Å². The van der Waals surface area contributed by atoms with Crippen molar-refractivity contribution in [3.8, 4) is 0 Å². The molecule has 1 saturated carbocycles. The van der Waals surface area contributed by atoms with Crippen LogP contribution in [0.1, 0.15) is 56.7 Å². The summed E-state index contributed by atoms with van der Waals surface area (Å²) in [6.07, 6.45) is 7.45. The van der Waals surface area contributed by atoms with Gasteiger partial charge in [0.25, 0.3) is 0 Å². The molecule has 0 bridgehead atoms. The highest BCUT2D eigenvalue weighted by Crippen LogP contribution is 2.52. The Morgan fingerprint density at radius 2 is 2.12 bits per heavy atom. The van der Waals surface area contributed by atoms with Crippen LogP contribution >= 0.6 is 0 Å². The average Bonchev–Trinajstić information content (AvgIpc) is 3.00. The quantitative estimate of drug-likeness (QED) is 0.882. The van der Waals surface area contributed by atoms with Crippen LogP contribution in [0.25, 0.3) is 10.9 Å². The second kappa shape index (κ2) is 5.70. The van der Waals surface area contributed by atoms with Gasteiger partial charge in [0.2, 0.25) is 0 Å². The fourth-order valence-electron chi connectivity index (χ4n) is 6.11. The predicted octanol–water partition coefficient (Wildman–Crippen LogP) is 4.41. The number of hydrogen-bond donors (Lipinski definition) is 1. The van der Waals surface area contributed by atoms with Crippen LogP contribution in [-0.4, -0.2) is 28.8 Å². The van der Waals surface area contributed by atoms with Gasteiger partial charge in [0.15, 0.2) is 0 Å². The Balaban J connectivity index is 1.63. The van der Waals surface area contributed by atoms with Crippen LogP contribution < -0.4 is 0 Å². The first kappa shape index (κ1) is 15.6. The molecule has 1 aromatic carbocycles. The summed E-state index contributed by atoms with van der Waals surface area (Å²) in [6, 6.07) is 8.78. The number of Topliss-reactive ketones (excluding diaryl/α,β-unsaturated/α-hetero) is 1. The summed E-state index contributed by atoms with van der Waals surface area (Å²) in [6.45, 7) is 4.67. The normalized spacial score (nSPS) is 32.3. The maximum atomic E-state index is 12.1. The maximum Gasteiger partial charge on any atom is 0.133 e. The minimum atomic E-state index is 0.125. The van der Waals surface area contributed by atoms with Crippen molar-refractivity contribution in [1.82, 2.24) is 9.88 Å².